The Hall–Kier alpha value is -4.04. The van der Waals surface area contributed by atoms with Gasteiger partial charge in [-0.15, -0.1) is 21.5 Å². The Bertz CT molecular complexity index is 1380. The Balaban J connectivity index is 1.17. The molecule has 40 heavy (non-hydrogen) atoms. The molecule has 0 unspecified atom stereocenters. The summed E-state index contributed by atoms with van der Waals surface area (Å²) in [6, 6.07) is 26.4. The van der Waals surface area contributed by atoms with Crippen molar-refractivity contribution in [3.05, 3.63) is 89.1 Å². The minimum atomic E-state index is -0.0626. The Morgan fingerprint density at radius 1 is 0.850 bits per heavy atom. The van der Waals surface area contributed by atoms with E-state index >= 15 is 0 Å². The van der Waals surface area contributed by atoms with E-state index in [-0.39, 0.29) is 18.4 Å². The molecule has 3 heterocycles. The van der Waals surface area contributed by atoms with E-state index < -0.39 is 0 Å². The van der Waals surface area contributed by atoms with Gasteiger partial charge in [0.2, 0.25) is 5.91 Å². The third kappa shape index (κ3) is 6.57. The van der Waals surface area contributed by atoms with E-state index in [0.717, 1.165) is 23.5 Å². The van der Waals surface area contributed by atoms with E-state index in [0.29, 0.717) is 43.5 Å². The first-order valence-electron chi connectivity index (χ1n) is 13.9. The van der Waals surface area contributed by atoms with Crippen molar-refractivity contribution in [1.82, 2.24) is 20.0 Å². The van der Waals surface area contributed by atoms with Crippen molar-refractivity contribution < 1.29 is 9.59 Å². The van der Waals surface area contributed by atoms with Crippen LogP contribution in [0.3, 0.4) is 0 Å². The second kappa shape index (κ2) is 12.9. The van der Waals surface area contributed by atoms with Gasteiger partial charge in [0.1, 0.15) is 6.54 Å². The summed E-state index contributed by atoms with van der Waals surface area (Å²) in [5, 5.41) is 10.9. The minimum Gasteiger partial charge on any atom is -0.352 e. The number of anilines is 1. The summed E-state index contributed by atoms with van der Waals surface area (Å²) in [7, 11) is 0. The van der Waals surface area contributed by atoms with Crippen molar-refractivity contribution in [2.24, 2.45) is 5.92 Å². The lowest BCUT2D eigenvalue weighted by Crippen LogP contribution is -2.52. The molecule has 0 bridgehead atoms. The number of amides is 2. The van der Waals surface area contributed by atoms with Crippen LogP contribution < -0.4 is 4.90 Å². The summed E-state index contributed by atoms with van der Waals surface area (Å²) in [5.74, 6) is 1.07. The molecule has 0 N–H and O–H groups in total. The average Bonchev–Trinajstić information content (AvgIpc) is 3.56. The molecule has 5 rings (SSSR count). The summed E-state index contributed by atoms with van der Waals surface area (Å²) >= 11 is 1.42. The second-order valence-corrected chi connectivity index (χ2v) is 11.2. The smallest absolute Gasteiger partial charge is 0.264 e. The van der Waals surface area contributed by atoms with E-state index in [1.54, 1.807) is 4.90 Å². The molecule has 4 aromatic rings. The van der Waals surface area contributed by atoms with Crippen LogP contribution in [-0.2, 0) is 4.79 Å². The number of carbonyl (C=O) groups is 2. The van der Waals surface area contributed by atoms with Crippen molar-refractivity contribution in [1.29, 1.82) is 0 Å². The molecule has 1 saturated heterocycles. The molecule has 1 fully saturated rings. The summed E-state index contributed by atoms with van der Waals surface area (Å²) < 4.78 is 0. The van der Waals surface area contributed by atoms with Gasteiger partial charge in [0.25, 0.3) is 5.91 Å². The highest BCUT2D eigenvalue weighted by molar-refractivity contribution is 7.12. The maximum atomic E-state index is 13.2. The number of nitrogens with zero attached hydrogens (tertiary/aromatic N) is 5. The molecule has 2 amide bonds. The van der Waals surface area contributed by atoms with Gasteiger partial charge in [-0.25, -0.2) is 0 Å². The van der Waals surface area contributed by atoms with E-state index in [1.165, 1.54) is 22.5 Å². The highest BCUT2D eigenvalue weighted by Gasteiger charge is 2.27. The van der Waals surface area contributed by atoms with Gasteiger partial charge < -0.3 is 14.7 Å². The van der Waals surface area contributed by atoms with E-state index in [1.807, 2.05) is 52.7 Å². The average molecular weight is 554 g/mol. The van der Waals surface area contributed by atoms with E-state index in [9.17, 15) is 9.59 Å². The number of benzene rings is 2. The molecule has 0 radical (unpaired) electrons. The van der Waals surface area contributed by atoms with Crippen molar-refractivity contribution in [2.45, 2.75) is 20.3 Å². The minimum absolute atomic E-state index is 0.00626. The van der Waals surface area contributed by atoms with Crippen LogP contribution in [0.1, 0.15) is 29.9 Å². The highest BCUT2D eigenvalue weighted by atomic mass is 32.1. The third-order valence-electron chi connectivity index (χ3n) is 7.47. The molecule has 8 heteroatoms. The quantitative estimate of drug-likeness (QED) is 0.266. The Morgan fingerprint density at radius 2 is 1.55 bits per heavy atom. The zero-order valence-corrected chi connectivity index (χ0v) is 23.9. The maximum absolute atomic E-state index is 13.2. The first-order valence-corrected chi connectivity index (χ1v) is 14.7. The molecule has 1 atom stereocenters. The monoisotopic (exact) mass is 553 g/mol. The van der Waals surface area contributed by atoms with Gasteiger partial charge in [-0.3, -0.25) is 9.59 Å². The molecule has 0 spiro atoms. The fraction of sp³-hybridized carbons (Fsp3) is 0.312. The van der Waals surface area contributed by atoms with Crippen LogP contribution in [0, 0.1) is 5.92 Å². The fourth-order valence-electron chi connectivity index (χ4n) is 4.84. The summed E-state index contributed by atoms with van der Waals surface area (Å²) in [4.78, 5) is 32.7. The van der Waals surface area contributed by atoms with Gasteiger partial charge in [-0.2, -0.15) is 0 Å². The number of aromatic nitrogens is 2. The molecule has 0 saturated carbocycles. The first kappa shape index (κ1) is 27.5. The van der Waals surface area contributed by atoms with Gasteiger partial charge in [-0.1, -0.05) is 80.9 Å². The van der Waals surface area contributed by atoms with Gasteiger partial charge in [0, 0.05) is 38.3 Å². The van der Waals surface area contributed by atoms with Crippen LogP contribution in [0.5, 0.6) is 0 Å². The Kier molecular flexibility index (Phi) is 8.86. The fourth-order valence-corrected chi connectivity index (χ4v) is 5.53. The van der Waals surface area contributed by atoms with Crippen LogP contribution in [0.4, 0.5) is 5.82 Å². The Labute approximate surface area is 240 Å². The lowest BCUT2D eigenvalue weighted by atomic mass is 10.0. The van der Waals surface area contributed by atoms with Crippen molar-refractivity contribution in [2.75, 3.05) is 44.2 Å². The van der Waals surface area contributed by atoms with Crippen molar-refractivity contribution in [3.8, 4) is 22.4 Å². The molecule has 0 aliphatic carbocycles. The van der Waals surface area contributed by atoms with Gasteiger partial charge in [0.15, 0.2) is 5.82 Å². The zero-order chi connectivity index (χ0) is 27.9. The number of hydrogen-bond donors (Lipinski definition) is 0. The molecule has 206 valence electrons. The van der Waals surface area contributed by atoms with Crippen LogP contribution in [0.15, 0.2) is 84.2 Å². The molecule has 7 nitrogen and oxygen atoms in total. The summed E-state index contributed by atoms with van der Waals surface area (Å²) in [6.45, 7) is 7.45. The highest BCUT2D eigenvalue weighted by Crippen LogP contribution is 2.24. The first-order chi connectivity index (χ1) is 19.5. The largest absolute Gasteiger partial charge is 0.352 e. The van der Waals surface area contributed by atoms with Crippen LogP contribution in [0.25, 0.3) is 22.4 Å². The molecule has 1 aliphatic rings. The lowest BCUT2D eigenvalue weighted by molar-refractivity contribution is -0.132. The standard InChI is InChI=1S/C32H35N5O2S/c1-3-24(2)22-37(32(39)29-10-7-21-40-29)23-31(38)36-19-17-35(18-20-36)30-16-15-28(33-34-30)27-13-11-26(12-14-27)25-8-5-4-6-9-25/h4-16,21,24H,3,17-20,22-23H2,1-2H3/t24-/m0/s1. The van der Waals surface area contributed by atoms with Gasteiger partial charge in [-0.05, 0) is 40.6 Å². The number of carbonyl (C=O) groups excluding carboxylic acids is 2. The topological polar surface area (TPSA) is 69.6 Å². The SMILES string of the molecule is CC[C@H](C)CN(CC(=O)N1CCN(c2ccc(-c3ccc(-c4ccccc4)cc3)nn2)CC1)C(=O)c1cccs1. The predicted molar refractivity (Wildman–Crippen MR) is 161 cm³/mol. The van der Waals surface area contributed by atoms with E-state index in [4.69, 9.17) is 0 Å². The number of thiophene rings is 1. The van der Waals surface area contributed by atoms with Crippen LogP contribution in [0.2, 0.25) is 0 Å². The number of hydrogen-bond acceptors (Lipinski definition) is 6. The number of rotatable bonds is 9. The van der Waals surface area contributed by atoms with Gasteiger partial charge in [0.05, 0.1) is 10.6 Å². The maximum Gasteiger partial charge on any atom is 0.264 e. The molecular formula is C32H35N5O2S. The molecule has 2 aromatic heterocycles. The second-order valence-electron chi connectivity index (χ2n) is 10.3. The summed E-state index contributed by atoms with van der Waals surface area (Å²) in [6.07, 6.45) is 0.958. The number of piperazine rings is 1. The van der Waals surface area contributed by atoms with Crippen LogP contribution in [-0.4, -0.2) is 71.1 Å². The summed E-state index contributed by atoms with van der Waals surface area (Å²) in [5.41, 5.74) is 4.20. The third-order valence-corrected chi connectivity index (χ3v) is 8.33. The van der Waals surface area contributed by atoms with E-state index in [2.05, 4.69) is 65.3 Å². The molecule has 2 aromatic carbocycles. The van der Waals surface area contributed by atoms with Crippen molar-refractivity contribution >= 4 is 29.0 Å². The Morgan fingerprint density at radius 3 is 2.17 bits per heavy atom. The van der Waals surface area contributed by atoms with Crippen molar-refractivity contribution in [3.63, 3.8) is 0 Å². The molecule has 1 aliphatic heterocycles. The predicted octanol–water partition coefficient (Wildman–Crippen LogP) is 5.71. The normalized spacial score (nSPS) is 14.2. The zero-order valence-electron chi connectivity index (χ0n) is 23.1. The van der Waals surface area contributed by atoms with Gasteiger partial charge >= 0.3 is 0 Å². The van der Waals surface area contributed by atoms with Crippen LogP contribution >= 0.6 is 11.3 Å². The lowest BCUT2D eigenvalue weighted by Gasteiger charge is -2.36. The molecular weight excluding hydrogens is 518 g/mol.